The second-order valence-corrected chi connectivity index (χ2v) is 2.75. The van der Waals surface area contributed by atoms with Crippen molar-refractivity contribution in [2.45, 2.75) is 26.3 Å². The molecule has 1 atom stereocenters. The standard InChI is InChI=1S/C6H12N4O.3F2/c1-4(2)3-5(6(7)11)9-10-8;3*1-2/h4-5H,3H2,1-2H3,(H2,7,11);;;/t5-;;;/m0.../s1. The second-order valence-electron chi connectivity index (χ2n) is 2.75. The fourth-order valence-corrected chi connectivity index (χ4v) is 0.729. The minimum absolute atomic E-state index is 0.304. The average Bonchev–Trinajstić information content (AvgIpc) is 2.35. The van der Waals surface area contributed by atoms with E-state index in [4.69, 9.17) is 38.7 Å². The third kappa shape index (κ3) is 25.0. The molecule has 0 aromatic carbocycles. The lowest BCUT2D eigenvalue weighted by molar-refractivity contribution is -0.119. The Morgan fingerprint density at radius 2 is 1.59 bits per heavy atom. The Bertz CT molecular complexity index is 197. The van der Waals surface area contributed by atoms with E-state index < -0.39 is 11.9 Å². The van der Waals surface area contributed by atoms with Gasteiger partial charge in [0.15, 0.2) is 0 Å². The molecule has 0 saturated heterocycles. The van der Waals surface area contributed by atoms with Crippen LogP contribution in [0.1, 0.15) is 20.3 Å². The van der Waals surface area contributed by atoms with E-state index in [9.17, 15) is 4.79 Å². The van der Waals surface area contributed by atoms with Crippen LogP contribution in [0.5, 0.6) is 0 Å². The molecule has 0 bridgehead atoms. The Morgan fingerprint density at radius 3 is 1.76 bits per heavy atom. The molecule has 0 rings (SSSR count). The Hall–Kier alpha value is -1.64. The molecule has 0 aliphatic carbocycles. The summed E-state index contributed by atoms with van der Waals surface area (Å²) in [4.78, 5) is 13.1. The molecular weight excluding hydrogens is 258 g/mol. The zero-order valence-electron chi connectivity index (χ0n) is 8.96. The van der Waals surface area contributed by atoms with Crippen molar-refractivity contribution < 1.29 is 32.2 Å². The summed E-state index contributed by atoms with van der Waals surface area (Å²) in [6, 6.07) is -0.694. The first-order valence-electron chi connectivity index (χ1n) is 3.84. The average molecular weight is 270 g/mol. The van der Waals surface area contributed by atoms with E-state index in [1.54, 1.807) is 0 Å². The van der Waals surface area contributed by atoms with Gasteiger partial charge in [-0.1, -0.05) is 19.0 Å². The monoisotopic (exact) mass is 270 g/mol. The van der Waals surface area contributed by atoms with Gasteiger partial charge in [0.1, 0.15) is 6.04 Å². The summed E-state index contributed by atoms with van der Waals surface area (Å²) in [5.74, 6) is -0.255. The number of hydrogen-bond donors (Lipinski definition) is 1. The molecule has 5 nitrogen and oxygen atoms in total. The lowest BCUT2D eigenvalue weighted by Gasteiger charge is -2.08. The van der Waals surface area contributed by atoms with Crippen LogP contribution in [0.25, 0.3) is 10.4 Å². The number of carbonyl (C=O) groups is 1. The smallest absolute Gasteiger partial charge is 0.226 e. The maximum Gasteiger partial charge on any atom is 0.226 e. The highest BCUT2D eigenvalue weighted by atomic mass is 20.0. The third-order valence-electron chi connectivity index (χ3n) is 1.21. The molecule has 1 amide bonds. The van der Waals surface area contributed by atoms with Crippen LogP contribution in [-0.2, 0) is 4.79 Å². The van der Waals surface area contributed by atoms with Gasteiger partial charge in [0, 0.05) is 32.4 Å². The highest BCUT2D eigenvalue weighted by Crippen LogP contribution is 2.07. The predicted molar refractivity (Wildman–Crippen MR) is 48.2 cm³/mol. The summed E-state index contributed by atoms with van der Waals surface area (Å²) in [5, 5.41) is 3.27. The number of rotatable bonds is 4. The summed E-state index contributed by atoms with van der Waals surface area (Å²) < 4.78 is 48.0. The van der Waals surface area contributed by atoms with Crippen LogP contribution < -0.4 is 5.73 Å². The quantitative estimate of drug-likeness (QED) is 0.358. The normalized spacial score (nSPS) is 9.00. The summed E-state index contributed by atoms with van der Waals surface area (Å²) in [5.41, 5.74) is 13.0. The first kappa shape index (κ1) is 24.5. The van der Waals surface area contributed by atoms with Gasteiger partial charge in [0.05, 0.1) is 0 Å². The second kappa shape index (κ2) is 23.9. The number of nitrogens with zero attached hydrogens (tertiary/aromatic N) is 3. The van der Waals surface area contributed by atoms with Crippen LogP contribution in [0.2, 0.25) is 0 Å². The molecule has 0 heterocycles. The van der Waals surface area contributed by atoms with Crippen molar-refractivity contribution in [3.63, 3.8) is 0 Å². The molecule has 104 valence electrons. The molecule has 11 heteroatoms. The van der Waals surface area contributed by atoms with Gasteiger partial charge < -0.3 is 5.73 Å². The molecule has 0 aromatic heterocycles. The van der Waals surface area contributed by atoms with Crippen LogP contribution in [-0.4, -0.2) is 11.9 Å². The van der Waals surface area contributed by atoms with Crippen molar-refractivity contribution in [1.82, 2.24) is 0 Å². The molecule has 0 saturated carbocycles. The maximum absolute atomic E-state index is 10.6. The Balaban J connectivity index is -0.000000121. The highest BCUT2D eigenvalue weighted by Gasteiger charge is 2.13. The van der Waals surface area contributed by atoms with Gasteiger partial charge in [-0.05, 0) is 17.9 Å². The fraction of sp³-hybridized carbons (Fsp3) is 0.833. The summed E-state index contributed by atoms with van der Waals surface area (Å²) in [6.45, 7) is 3.87. The van der Waals surface area contributed by atoms with Crippen LogP contribution in [0.15, 0.2) is 5.11 Å². The van der Waals surface area contributed by atoms with Gasteiger partial charge in [-0.2, -0.15) is 0 Å². The Kier molecular flexibility index (Phi) is 34.5. The number of halogens is 6. The zero-order valence-corrected chi connectivity index (χ0v) is 8.96. The van der Waals surface area contributed by atoms with Crippen LogP contribution in [0.3, 0.4) is 0 Å². The fourth-order valence-electron chi connectivity index (χ4n) is 0.729. The minimum atomic E-state index is -0.694. The SMILES string of the molecule is CC(C)C[C@H](N=[N+]=[N-])C(N)=O.FF.FF.FF. The zero-order chi connectivity index (χ0) is 14.9. The molecule has 0 spiro atoms. The molecular formula is C6H12F6N4O. The Labute approximate surface area is 92.8 Å². The number of nitrogens with two attached hydrogens (primary N) is 1. The maximum atomic E-state index is 10.6. The van der Waals surface area contributed by atoms with Crippen molar-refractivity contribution in [2.75, 3.05) is 0 Å². The van der Waals surface area contributed by atoms with E-state index in [-0.39, 0.29) is 0 Å². The largest absolute Gasteiger partial charge is 0.369 e. The topological polar surface area (TPSA) is 91.8 Å². The lowest BCUT2D eigenvalue weighted by Crippen LogP contribution is -2.27. The van der Waals surface area contributed by atoms with Crippen molar-refractivity contribution in [3.8, 4) is 0 Å². The summed E-state index contributed by atoms with van der Waals surface area (Å²) in [6.07, 6.45) is 0.513. The molecule has 0 unspecified atom stereocenters. The van der Waals surface area contributed by atoms with Crippen molar-refractivity contribution in [2.24, 2.45) is 16.8 Å². The van der Waals surface area contributed by atoms with E-state index >= 15 is 0 Å². The molecule has 0 fully saturated rings. The van der Waals surface area contributed by atoms with Gasteiger partial charge in [-0.15, -0.1) is 0 Å². The van der Waals surface area contributed by atoms with Crippen LogP contribution >= 0.6 is 0 Å². The van der Waals surface area contributed by atoms with Crippen molar-refractivity contribution >= 4 is 5.91 Å². The first-order chi connectivity index (χ1) is 8.07. The van der Waals surface area contributed by atoms with E-state index in [1.807, 2.05) is 13.8 Å². The van der Waals surface area contributed by atoms with Gasteiger partial charge in [0.25, 0.3) is 0 Å². The van der Waals surface area contributed by atoms with Crippen LogP contribution in [0.4, 0.5) is 27.4 Å². The number of azide groups is 1. The third-order valence-corrected chi connectivity index (χ3v) is 1.21. The highest BCUT2D eigenvalue weighted by molar-refractivity contribution is 5.79. The van der Waals surface area contributed by atoms with Gasteiger partial charge >= 0.3 is 0 Å². The number of carbonyl (C=O) groups excluding carboxylic acids is 1. The molecule has 0 aromatic rings. The van der Waals surface area contributed by atoms with E-state index in [0.717, 1.165) is 0 Å². The van der Waals surface area contributed by atoms with E-state index in [0.29, 0.717) is 12.3 Å². The molecule has 0 aliphatic heterocycles. The summed E-state index contributed by atoms with van der Waals surface area (Å²) >= 11 is 0. The van der Waals surface area contributed by atoms with Crippen molar-refractivity contribution in [3.05, 3.63) is 10.4 Å². The molecule has 2 N–H and O–H groups in total. The lowest BCUT2D eigenvalue weighted by atomic mass is 10.0. The van der Waals surface area contributed by atoms with Crippen LogP contribution in [0, 0.1) is 5.92 Å². The van der Waals surface area contributed by atoms with Gasteiger partial charge in [0.2, 0.25) is 5.91 Å². The molecule has 0 radical (unpaired) electrons. The van der Waals surface area contributed by atoms with Gasteiger partial charge in [-0.3, -0.25) is 4.79 Å². The molecule has 0 aliphatic rings. The van der Waals surface area contributed by atoms with Gasteiger partial charge in [-0.25, -0.2) is 0 Å². The first-order valence-corrected chi connectivity index (χ1v) is 3.84. The number of hydrogen-bond acceptors (Lipinski definition) is 2. The number of primary amides is 1. The summed E-state index contributed by atoms with van der Waals surface area (Å²) in [7, 11) is 0. The van der Waals surface area contributed by atoms with E-state index in [1.165, 1.54) is 0 Å². The minimum Gasteiger partial charge on any atom is -0.369 e. The predicted octanol–water partition coefficient (Wildman–Crippen LogP) is 3.72. The van der Waals surface area contributed by atoms with Crippen molar-refractivity contribution in [1.29, 1.82) is 0 Å². The van der Waals surface area contributed by atoms with E-state index in [2.05, 4.69) is 10.0 Å². The number of amides is 1. The molecule has 17 heavy (non-hydrogen) atoms. The Morgan fingerprint density at radius 1 is 1.24 bits per heavy atom.